The van der Waals surface area contributed by atoms with Crippen molar-refractivity contribution >= 4 is 27.3 Å². The molecular weight excluding hydrogens is 284 g/mol. The summed E-state index contributed by atoms with van der Waals surface area (Å²) in [6, 6.07) is 2.06. The molecule has 1 aromatic rings. The van der Waals surface area contributed by atoms with Crippen LogP contribution in [0.15, 0.2) is 15.2 Å². The molecule has 0 amide bonds. The van der Waals surface area contributed by atoms with Gasteiger partial charge >= 0.3 is 0 Å². The van der Waals surface area contributed by atoms with E-state index in [1.54, 1.807) is 11.3 Å². The van der Waals surface area contributed by atoms with E-state index in [0.29, 0.717) is 0 Å². The lowest BCUT2D eigenvalue weighted by Crippen LogP contribution is -2.14. The van der Waals surface area contributed by atoms with E-state index in [1.165, 1.54) is 25.7 Å². The van der Waals surface area contributed by atoms with Crippen LogP contribution in [0.2, 0.25) is 0 Å². The molecule has 1 aromatic heterocycles. The van der Waals surface area contributed by atoms with Gasteiger partial charge in [0.25, 0.3) is 0 Å². The lowest BCUT2D eigenvalue weighted by molar-refractivity contribution is 0.126. The highest BCUT2D eigenvalue weighted by Crippen LogP contribution is 2.51. The Bertz CT molecular complexity index is 376. The van der Waals surface area contributed by atoms with Crippen LogP contribution < -0.4 is 0 Å². The van der Waals surface area contributed by atoms with Gasteiger partial charge in [0, 0.05) is 0 Å². The first kappa shape index (κ1) is 11.2. The summed E-state index contributed by atoms with van der Waals surface area (Å²) < 4.78 is 1.12. The van der Waals surface area contributed by atoms with E-state index >= 15 is 0 Å². The molecule has 2 bridgehead atoms. The third-order valence-corrected chi connectivity index (χ3v) is 5.91. The predicted molar refractivity (Wildman–Crippen MR) is 70.5 cm³/mol. The van der Waals surface area contributed by atoms with Gasteiger partial charge in [-0.3, -0.25) is 0 Å². The molecule has 0 aromatic carbocycles. The number of aliphatic hydroxyl groups excluding tert-OH is 1. The van der Waals surface area contributed by atoms with Crippen molar-refractivity contribution in [3.8, 4) is 0 Å². The highest BCUT2D eigenvalue weighted by atomic mass is 79.9. The van der Waals surface area contributed by atoms with E-state index < -0.39 is 0 Å². The summed E-state index contributed by atoms with van der Waals surface area (Å²) in [5.41, 5.74) is 1.10. The zero-order valence-corrected chi connectivity index (χ0v) is 11.6. The zero-order valence-electron chi connectivity index (χ0n) is 9.23. The van der Waals surface area contributed by atoms with Crippen LogP contribution in [-0.4, -0.2) is 5.11 Å². The molecule has 4 atom stereocenters. The topological polar surface area (TPSA) is 20.2 Å². The molecule has 2 aliphatic carbocycles. The summed E-state index contributed by atoms with van der Waals surface area (Å²) in [6.07, 6.45) is 6.39. The molecule has 1 heterocycles. The molecule has 1 N–H and O–H groups in total. The predicted octanol–water partition coefficient (Wildman–Crippen LogP) is 4.37. The molecule has 0 radical (unpaired) electrons. The number of rotatable bonds is 3. The molecule has 3 rings (SSSR count). The Balaban J connectivity index is 1.62. The van der Waals surface area contributed by atoms with Crippen LogP contribution in [-0.2, 0) is 0 Å². The first-order valence-electron chi connectivity index (χ1n) is 6.14. The minimum absolute atomic E-state index is 0.244. The number of halogens is 1. The van der Waals surface area contributed by atoms with Gasteiger partial charge in [0.1, 0.15) is 0 Å². The van der Waals surface area contributed by atoms with Crippen molar-refractivity contribution in [2.45, 2.75) is 38.2 Å². The zero-order chi connectivity index (χ0) is 11.1. The van der Waals surface area contributed by atoms with Gasteiger partial charge in [-0.25, -0.2) is 0 Å². The molecule has 3 heteroatoms. The number of hydrogen-bond donors (Lipinski definition) is 1. The summed E-state index contributed by atoms with van der Waals surface area (Å²) in [7, 11) is 0. The lowest BCUT2D eigenvalue weighted by Gasteiger charge is -2.23. The molecule has 2 saturated carbocycles. The molecule has 4 unspecified atom stereocenters. The maximum Gasteiger partial charge on any atom is 0.0801 e. The summed E-state index contributed by atoms with van der Waals surface area (Å²) in [5, 5.41) is 12.3. The van der Waals surface area contributed by atoms with Gasteiger partial charge in [-0.2, -0.15) is 0 Å². The van der Waals surface area contributed by atoms with E-state index in [1.807, 2.05) is 0 Å². The fraction of sp³-hybridized carbons (Fsp3) is 0.692. The van der Waals surface area contributed by atoms with Gasteiger partial charge in [0.2, 0.25) is 0 Å². The van der Waals surface area contributed by atoms with E-state index in [2.05, 4.69) is 27.4 Å². The van der Waals surface area contributed by atoms with Crippen LogP contribution in [0.3, 0.4) is 0 Å². The van der Waals surface area contributed by atoms with Gasteiger partial charge in [0.15, 0.2) is 0 Å². The minimum Gasteiger partial charge on any atom is -0.388 e. The highest BCUT2D eigenvalue weighted by Gasteiger charge is 2.40. The van der Waals surface area contributed by atoms with Crippen molar-refractivity contribution in [3.05, 3.63) is 20.8 Å². The van der Waals surface area contributed by atoms with Crippen LogP contribution >= 0.6 is 27.3 Å². The average molecular weight is 301 g/mol. The van der Waals surface area contributed by atoms with Crippen LogP contribution in [0.5, 0.6) is 0 Å². The Labute approximate surface area is 109 Å². The maximum atomic E-state index is 10.2. The first-order chi connectivity index (χ1) is 7.72. The fourth-order valence-electron chi connectivity index (χ4n) is 3.59. The van der Waals surface area contributed by atoms with Gasteiger partial charge in [-0.05, 0) is 76.4 Å². The van der Waals surface area contributed by atoms with E-state index in [9.17, 15) is 5.11 Å². The van der Waals surface area contributed by atoms with Crippen molar-refractivity contribution in [3.63, 3.8) is 0 Å². The van der Waals surface area contributed by atoms with Crippen molar-refractivity contribution in [2.75, 3.05) is 0 Å². The monoisotopic (exact) mass is 300 g/mol. The summed E-state index contributed by atoms with van der Waals surface area (Å²) in [4.78, 5) is 0. The average Bonchev–Trinajstić information content (AvgIpc) is 2.92. The van der Waals surface area contributed by atoms with E-state index in [4.69, 9.17) is 0 Å². The Kier molecular flexibility index (Phi) is 3.11. The molecule has 0 aliphatic heterocycles. The number of aliphatic hydroxyl groups is 1. The van der Waals surface area contributed by atoms with Gasteiger partial charge in [-0.1, -0.05) is 6.42 Å². The first-order valence-corrected chi connectivity index (χ1v) is 7.81. The number of thiophene rings is 1. The maximum absolute atomic E-state index is 10.2. The highest BCUT2D eigenvalue weighted by molar-refractivity contribution is 9.11. The Hall–Kier alpha value is 0.140. The molecule has 1 nitrogen and oxygen atoms in total. The van der Waals surface area contributed by atoms with Crippen molar-refractivity contribution < 1.29 is 5.11 Å². The van der Waals surface area contributed by atoms with E-state index in [-0.39, 0.29) is 6.10 Å². The largest absolute Gasteiger partial charge is 0.388 e. The van der Waals surface area contributed by atoms with Gasteiger partial charge in [0.05, 0.1) is 9.89 Å². The molecule has 2 aliphatic rings. The van der Waals surface area contributed by atoms with E-state index in [0.717, 1.165) is 33.5 Å². The third kappa shape index (κ3) is 2.09. The molecule has 2 fully saturated rings. The lowest BCUT2D eigenvalue weighted by atomic mass is 9.84. The minimum atomic E-state index is -0.244. The SMILES string of the molecule is OC(CC1CC2CCC1C2)c1csc(Br)c1. The van der Waals surface area contributed by atoms with Gasteiger partial charge in [-0.15, -0.1) is 11.3 Å². The fourth-order valence-corrected chi connectivity index (χ4v) is 4.81. The molecular formula is C13H17BrOS. The van der Waals surface area contributed by atoms with Crippen LogP contribution in [0, 0.1) is 17.8 Å². The summed E-state index contributed by atoms with van der Waals surface area (Å²) in [5.74, 6) is 2.69. The van der Waals surface area contributed by atoms with Crippen LogP contribution in [0.1, 0.15) is 43.8 Å². The standard InChI is InChI=1S/C13H17BrOS/c14-13-6-11(7-16-13)12(15)5-10-4-8-1-2-9(10)3-8/h6-10,12,15H,1-5H2. The van der Waals surface area contributed by atoms with Crippen molar-refractivity contribution in [2.24, 2.45) is 17.8 Å². The van der Waals surface area contributed by atoms with Crippen molar-refractivity contribution in [1.29, 1.82) is 0 Å². The number of hydrogen-bond acceptors (Lipinski definition) is 2. The Morgan fingerprint density at radius 3 is 2.88 bits per heavy atom. The molecule has 0 spiro atoms. The Morgan fingerprint density at radius 1 is 1.44 bits per heavy atom. The van der Waals surface area contributed by atoms with Crippen molar-refractivity contribution in [1.82, 2.24) is 0 Å². The van der Waals surface area contributed by atoms with Crippen LogP contribution in [0.4, 0.5) is 0 Å². The second kappa shape index (κ2) is 4.43. The second-order valence-electron chi connectivity index (χ2n) is 5.37. The molecule has 0 saturated heterocycles. The normalized spacial score (nSPS) is 34.5. The smallest absolute Gasteiger partial charge is 0.0801 e. The second-order valence-corrected chi connectivity index (χ2v) is 7.66. The van der Waals surface area contributed by atoms with Gasteiger partial charge < -0.3 is 5.11 Å². The quantitative estimate of drug-likeness (QED) is 0.879. The molecule has 16 heavy (non-hydrogen) atoms. The van der Waals surface area contributed by atoms with Crippen LogP contribution in [0.25, 0.3) is 0 Å². The summed E-state index contributed by atoms with van der Waals surface area (Å²) in [6.45, 7) is 0. The molecule has 88 valence electrons. The number of fused-ring (bicyclic) bond motifs is 2. The Morgan fingerprint density at radius 2 is 2.31 bits per heavy atom. The summed E-state index contributed by atoms with van der Waals surface area (Å²) >= 11 is 5.12. The third-order valence-electron chi connectivity index (χ3n) is 4.38.